The summed E-state index contributed by atoms with van der Waals surface area (Å²) in [7, 11) is 1.98. The van der Waals surface area contributed by atoms with Gasteiger partial charge in [-0.3, -0.25) is 4.79 Å². The third kappa shape index (κ3) is 4.07. The van der Waals surface area contributed by atoms with Gasteiger partial charge in [0.1, 0.15) is 0 Å². The maximum atomic E-state index is 13.0. The minimum absolute atomic E-state index is 0.0152. The summed E-state index contributed by atoms with van der Waals surface area (Å²) in [5.41, 5.74) is 1.16. The van der Waals surface area contributed by atoms with Crippen LogP contribution >= 0.6 is 0 Å². The van der Waals surface area contributed by atoms with Crippen LogP contribution in [0.2, 0.25) is 0 Å². The highest BCUT2D eigenvalue weighted by Crippen LogP contribution is 2.27. The van der Waals surface area contributed by atoms with Crippen molar-refractivity contribution in [1.82, 2.24) is 10.2 Å². The SMILES string of the molecule is CCC(C(=O)N1CCCCC1CCNC)c1ccccc1. The Kier molecular flexibility index (Phi) is 6.24. The Hall–Kier alpha value is -1.35. The van der Waals surface area contributed by atoms with Crippen molar-refractivity contribution in [2.45, 2.75) is 51.0 Å². The van der Waals surface area contributed by atoms with E-state index >= 15 is 0 Å². The molecular formula is C18H28N2O. The number of nitrogens with one attached hydrogen (secondary N) is 1. The van der Waals surface area contributed by atoms with Gasteiger partial charge in [-0.1, -0.05) is 37.3 Å². The van der Waals surface area contributed by atoms with Crippen molar-refractivity contribution in [3.8, 4) is 0 Å². The number of hydrogen-bond donors (Lipinski definition) is 1. The Bertz CT molecular complexity index is 432. The molecule has 3 heteroatoms. The number of nitrogens with zero attached hydrogens (tertiary/aromatic N) is 1. The molecule has 1 saturated heterocycles. The number of likely N-dealkylation sites (tertiary alicyclic amines) is 1. The third-order valence-corrected chi connectivity index (χ3v) is 4.55. The van der Waals surface area contributed by atoms with Crippen molar-refractivity contribution < 1.29 is 4.79 Å². The Morgan fingerprint density at radius 3 is 2.76 bits per heavy atom. The smallest absolute Gasteiger partial charge is 0.230 e. The third-order valence-electron chi connectivity index (χ3n) is 4.55. The highest BCUT2D eigenvalue weighted by Gasteiger charge is 2.31. The minimum atomic E-state index is 0.0152. The molecule has 1 heterocycles. The maximum absolute atomic E-state index is 13.0. The summed E-state index contributed by atoms with van der Waals surface area (Å²) in [5, 5.41) is 3.21. The first-order valence-corrected chi connectivity index (χ1v) is 8.28. The average Bonchev–Trinajstić information content (AvgIpc) is 2.55. The highest BCUT2D eigenvalue weighted by molar-refractivity contribution is 5.84. The fourth-order valence-corrected chi connectivity index (χ4v) is 3.34. The van der Waals surface area contributed by atoms with Crippen LogP contribution < -0.4 is 5.32 Å². The number of rotatable bonds is 6. The first-order valence-electron chi connectivity index (χ1n) is 8.28. The molecule has 1 aromatic rings. The van der Waals surface area contributed by atoms with Gasteiger partial charge in [-0.05, 0) is 51.3 Å². The lowest BCUT2D eigenvalue weighted by Gasteiger charge is -2.38. The van der Waals surface area contributed by atoms with E-state index in [4.69, 9.17) is 0 Å². The van der Waals surface area contributed by atoms with Crippen LogP contribution in [0.1, 0.15) is 50.5 Å². The molecule has 116 valence electrons. The predicted molar refractivity (Wildman–Crippen MR) is 87.4 cm³/mol. The number of hydrogen-bond acceptors (Lipinski definition) is 2. The van der Waals surface area contributed by atoms with Crippen molar-refractivity contribution in [2.75, 3.05) is 20.1 Å². The Morgan fingerprint density at radius 1 is 1.33 bits per heavy atom. The van der Waals surface area contributed by atoms with E-state index in [1.54, 1.807) is 0 Å². The quantitative estimate of drug-likeness (QED) is 0.872. The summed E-state index contributed by atoms with van der Waals surface area (Å²) in [6.07, 6.45) is 5.48. The minimum Gasteiger partial charge on any atom is -0.339 e. The molecule has 1 aliphatic heterocycles. The van der Waals surface area contributed by atoms with Gasteiger partial charge >= 0.3 is 0 Å². The van der Waals surface area contributed by atoms with Gasteiger partial charge in [0.2, 0.25) is 5.91 Å². The topological polar surface area (TPSA) is 32.3 Å². The van der Waals surface area contributed by atoms with Gasteiger partial charge in [-0.25, -0.2) is 0 Å². The van der Waals surface area contributed by atoms with Crippen molar-refractivity contribution in [2.24, 2.45) is 0 Å². The summed E-state index contributed by atoms with van der Waals surface area (Å²) >= 11 is 0. The number of carbonyl (C=O) groups excluding carboxylic acids is 1. The molecule has 1 amide bonds. The van der Waals surface area contributed by atoms with E-state index in [1.807, 2.05) is 25.2 Å². The van der Waals surface area contributed by atoms with Gasteiger partial charge in [0.05, 0.1) is 5.92 Å². The zero-order valence-corrected chi connectivity index (χ0v) is 13.3. The lowest BCUT2D eigenvalue weighted by Crippen LogP contribution is -2.46. The van der Waals surface area contributed by atoms with Crippen LogP contribution in [-0.4, -0.2) is 37.0 Å². The molecule has 3 nitrogen and oxygen atoms in total. The number of carbonyl (C=O) groups is 1. The standard InChI is InChI=1S/C18H28N2O/c1-3-17(15-9-5-4-6-10-15)18(21)20-14-8-7-11-16(20)12-13-19-2/h4-6,9-10,16-17,19H,3,7-8,11-14H2,1-2H3. The van der Waals surface area contributed by atoms with Gasteiger partial charge in [-0.2, -0.15) is 0 Å². The van der Waals surface area contributed by atoms with E-state index in [2.05, 4.69) is 29.3 Å². The van der Waals surface area contributed by atoms with E-state index in [0.717, 1.165) is 44.3 Å². The number of benzene rings is 1. The van der Waals surface area contributed by atoms with Crippen molar-refractivity contribution in [1.29, 1.82) is 0 Å². The van der Waals surface area contributed by atoms with Crippen LogP contribution in [-0.2, 0) is 4.79 Å². The molecule has 0 radical (unpaired) electrons. The normalized spacial score (nSPS) is 20.3. The first-order chi connectivity index (χ1) is 10.3. The zero-order valence-electron chi connectivity index (χ0n) is 13.3. The summed E-state index contributed by atoms with van der Waals surface area (Å²) in [4.78, 5) is 15.2. The predicted octanol–water partition coefficient (Wildman–Crippen LogP) is 3.17. The fraction of sp³-hybridized carbons (Fsp3) is 0.611. The van der Waals surface area contributed by atoms with Gasteiger partial charge in [0.25, 0.3) is 0 Å². The molecule has 2 unspecified atom stereocenters. The summed E-state index contributed by atoms with van der Waals surface area (Å²) in [5.74, 6) is 0.339. The molecule has 1 aromatic carbocycles. The molecule has 0 aliphatic carbocycles. The molecule has 0 bridgehead atoms. The monoisotopic (exact) mass is 288 g/mol. The van der Waals surface area contributed by atoms with E-state index < -0.39 is 0 Å². The molecule has 1 N–H and O–H groups in total. The molecule has 2 rings (SSSR count). The first kappa shape index (κ1) is 16.0. The highest BCUT2D eigenvalue weighted by atomic mass is 16.2. The fourth-order valence-electron chi connectivity index (χ4n) is 3.34. The second-order valence-electron chi connectivity index (χ2n) is 5.94. The van der Waals surface area contributed by atoms with Crippen LogP contribution in [0.5, 0.6) is 0 Å². The molecule has 0 saturated carbocycles. The largest absolute Gasteiger partial charge is 0.339 e. The van der Waals surface area contributed by atoms with Gasteiger partial charge < -0.3 is 10.2 Å². The number of amides is 1. The molecule has 2 atom stereocenters. The molecule has 1 aliphatic rings. The van der Waals surface area contributed by atoms with Gasteiger partial charge in [0.15, 0.2) is 0 Å². The van der Waals surface area contributed by atoms with E-state index in [1.165, 1.54) is 6.42 Å². The lowest BCUT2D eigenvalue weighted by atomic mass is 9.91. The van der Waals surface area contributed by atoms with Crippen LogP contribution in [0.15, 0.2) is 30.3 Å². The molecule has 0 aromatic heterocycles. The van der Waals surface area contributed by atoms with Crippen LogP contribution in [0.3, 0.4) is 0 Å². The van der Waals surface area contributed by atoms with Crippen LogP contribution in [0.25, 0.3) is 0 Å². The van der Waals surface area contributed by atoms with E-state index in [0.29, 0.717) is 11.9 Å². The molecular weight excluding hydrogens is 260 g/mol. The Labute approximate surface area is 128 Å². The molecule has 1 fully saturated rings. The van der Waals surface area contributed by atoms with Crippen molar-refractivity contribution in [3.05, 3.63) is 35.9 Å². The van der Waals surface area contributed by atoms with Crippen LogP contribution in [0.4, 0.5) is 0 Å². The number of piperidine rings is 1. The molecule has 21 heavy (non-hydrogen) atoms. The summed E-state index contributed by atoms with van der Waals surface area (Å²) < 4.78 is 0. The zero-order chi connectivity index (χ0) is 15.1. The molecule has 0 spiro atoms. The second kappa shape index (κ2) is 8.18. The summed E-state index contributed by atoms with van der Waals surface area (Å²) in [6, 6.07) is 10.6. The maximum Gasteiger partial charge on any atom is 0.230 e. The lowest BCUT2D eigenvalue weighted by molar-refractivity contribution is -0.136. The Balaban J connectivity index is 2.11. The summed E-state index contributed by atoms with van der Waals surface area (Å²) in [6.45, 7) is 4.02. The second-order valence-corrected chi connectivity index (χ2v) is 5.94. The van der Waals surface area contributed by atoms with E-state index in [9.17, 15) is 4.79 Å². The van der Waals surface area contributed by atoms with Crippen LogP contribution in [0, 0.1) is 0 Å². The van der Waals surface area contributed by atoms with Crippen molar-refractivity contribution >= 4 is 5.91 Å². The van der Waals surface area contributed by atoms with Crippen molar-refractivity contribution in [3.63, 3.8) is 0 Å². The van der Waals surface area contributed by atoms with Gasteiger partial charge in [0, 0.05) is 12.6 Å². The average molecular weight is 288 g/mol. The Morgan fingerprint density at radius 2 is 2.10 bits per heavy atom. The van der Waals surface area contributed by atoms with E-state index in [-0.39, 0.29) is 5.92 Å². The van der Waals surface area contributed by atoms with Gasteiger partial charge in [-0.15, -0.1) is 0 Å².